The zero-order chi connectivity index (χ0) is 14.8. The first-order valence-electron chi connectivity index (χ1n) is 8.20. The molecule has 2 aromatic rings. The Kier molecular flexibility index (Phi) is 6.44. The molecule has 0 atom stereocenters. The topological polar surface area (TPSA) is 41.0 Å². The molecule has 2 aliphatic heterocycles. The van der Waals surface area contributed by atoms with E-state index in [0.717, 1.165) is 43.3 Å². The number of nitrogens with one attached hydrogen (secondary N) is 1. The van der Waals surface area contributed by atoms with Gasteiger partial charge in [-0.15, -0.1) is 35.0 Å². The van der Waals surface area contributed by atoms with Gasteiger partial charge >= 0.3 is 0 Å². The fourth-order valence-electron chi connectivity index (χ4n) is 3.75. The minimum atomic E-state index is 0. The van der Waals surface area contributed by atoms with Crippen molar-refractivity contribution in [2.24, 2.45) is 5.41 Å². The molecule has 1 spiro atoms. The number of rotatable bonds is 2. The third kappa shape index (κ3) is 3.82. The lowest BCUT2D eigenvalue weighted by Gasteiger charge is -2.33. The Morgan fingerprint density at radius 1 is 0.875 bits per heavy atom. The Morgan fingerprint density at radius 2 is 1.62 bits per heavy atom. The van der Waals surface area contributed by atoms with Crippen LogP contribution in [0.15, 0.2) is 42.5 Å². The summed E-state index contributed by atoms with van der Waals surface area (Å²) in [4.78, 5) is 2.41. The number of nitrogens with zero attached hydrogens (tertiary/aromatic N) is 3. The van der Waals surface area contributed by atoms with Crippen LogP contribution in [-0.2, 0) is 0 Å². The van der Waals surface area contributed by atoms with Crippen molar-refractivity contribution < 1.29 is 0 Å². The van der Waals surface area contributed by atoms with Crippen LogP contribution in [-0.4, -0.2) is 36.4 Å². The standard InChI is InChI=1S/C18H22N4.2ClH/c1-2-4-15(5-3-1)16-6-7-17(21-20-16)22-13-10-18(14-22)8-11-19-12-9-18;;/h1-7,19H,8-14H2;2*1H. The van der Waals surface area contributed by atoms with Crippen molar-refractivity contribution in [3.63, 3.8) is 0 Å². The van der Waals surface area contributed by atoms with Crippen LogP contribution in [0.2, 0.25) is 0 Å². The Labute approximate surface area is 155 Å². The van der Waals surface area contributed by atoms with Gasteiger partial charge in [0.05, 0.1) is 5.69 Å². The highest BCUT2D eigenvalue weighted by Crippen LogP contribution is 2.39. The molecule has 0 saturated carbocycles. The van der Waals surface area contributed by atoms with Crippen LogP contribution in [0.5, 0.6) is 0 Å². The molecule has 24 heavy (non-hydrogen) atoms. The van der Waals surface area contributed by atoms with Crippen molar-refractivity contribution >= 4 is 30.6 Å². The fourth-order valence-corrected chi connectivity index (χ4v) is 3.75. The summed E-state index contributed by atoms with van der Waals surface area (Å²) in [5.74, 6) is 1.02. The molecule has 3 heterocycles. The summed E-state index contributed by atoms with van der Waals surface area (Å²) in [6.45, 7) is 4.56. The van der Waals surface area contributed by atoms with E-state index in [1.54, 1.807) is 0 Å². The van der Waals surface area contributed by atoms with Crippen molar-refractivity contribution in [2.45, 2.75) is 19.3 Å². The van der Waals surface area contributed by atoms with Gasteiger partial charge in [0.15, 0.2) is 5.82 Å². The van der Waals surface area contributed by atoms with Crippen LogP contribution in [0.3, 0.4) is 0 Å². The third-order valence-electron chi connectivity index (χ3n) is 5.15. The number of hydrogen-bond acceptors (Lipinski definition) is 4. The van der Waals surface area contributed by atoms with E-state index in [1.807, 2.05) is 18.2 Å². The van der Waals surface area contributed by atoms with Gasteiger partial charge in [-0.25, -0.2) is 0 Å². The van der Waals surface area contributed by atoms with Crippen molar-refractivity contribution in [3.05, 3.63) is 42.5 Å². The minimum Gasteiger partial charge on any atom is -0.355 e. The van der Waals surface area contributed by atoms with E-state index < -0.39 is 0 Å². The lowest BCUT2D eigenvalue weighted by atomic mass is 9.78. The smallest absolute Gasteiger partial charge is 0.151 e. The average Bonchev–Trinajstić information content (AvgIpc) is 3.00. The highest BCUT2D eigenvalue weighted by molar-refractivity contribution is 5.85. The van der Waals surface area contributed by atoms with Crippen LogP contribution in [0.4, 0.5) is 5.82 Å². The number of piperidine rings is 1. The molecule has 2 saturated heterocycles. The maximum Gasteiger partial charge on any atom is 0.151 e. The van der Waals surface area contributed by atoms with Gasteiger partial charge in [0.2, 0.25) is 0 Å². The summed E-state index contributed by atoms with van der Waals surface area (Å²) in [6.07, 6.45) is 3.87. The summed E-state index contributed by atoms with van der Waals surface area (Å²) >= 11 is 0. The van der Waals surface area contributed by atoms with Gasteiger partial charge in [-0.3, -0.25) is 0 Å². The number of anilines is 1. The molecule has 0 radical (unpaired) electrons. The van der Waals surface area contributed by atoms with Gasteiger partial charge in [0.25, 0.3) is 0 Å². The molecule has 0 amide bonds. The van der Waals surface area contributed by atoms with E-state index in [4.69, 9.17) is 0 Å². The molecule has 0 bridgehead atoms. The second-order valence-electron chi connectivity index (χ2n) is 6.56. The normalized spacial score (nSPS) is 18.8. The van der Waals surface area contributed by atoms with Gasteiger partial charge in [0, 0.05) is 18.7 Å². The summed E-state index contributed by atoms with van der Waals surface area (Å²) < 4.78 is 0. The van der Waals surface area contributed by atoms with E-state index in [9.17, 15) is 0 Å². The van der Waals surface area contributed by atoms with E-state index in [-0.39, 0.29) is 24.8 Å². The Morgan fingerprint density at radius 3 is 2.29 bits per heavy atom. The van der Waals surface area contributed by atoms with Gasteiger partial charge in [-0.2, -0.15) is 0 Å². The number of aromatic nitrogens is 2. The third-order valence-corrected chi connectivity index (χ3v) is 5.15. The number of halogens is 2. The summed E-state index contributed by atoms with van der Waals surface area (Å²) in [5, 5.41) is 12.4. The molecule has 0 unspecified atom stereocenters. The second-order valence-corrected chi connectivity index (χ2v) is 6.56. The van der Waals surface area contributed by atoms with E-state index in [1.165, 1.54) is 19.3 Å². The summed E-state index contributed by atoms with van der Waals surface area (Å²) in [7, 11) is 0. The highest BCUT2D eigenvalue weighted by Gasteiger charge is 2.39. The predicted octanol–water partition coefficient (Wildman–Crippen LogP) is 3.57. The van der Waals surface area contributed by atoms with Crippen LogP contribution in [0.25, 0.3) is 11.3 Å². The fraction of sp³-hybridized carbons (Fsp3) is 0.444. The molecule has 1 aromatic heterocycles. The molecule has 2 fully saturated rings. The number of benzene rings is 1. The Bertz CT molecular complexity index is 627. The molecule has 0 aliphatic carbocycles. The molecule has 130 valence electrons. The average molecular weight is 367 g/mol. The van der Waals surface area contributed by atoms with Crippen LogP contribution >= 0.6 is 24.8 Å². The number of hydrogen-bond donors (Lipinski definition) is 1. The van der Waals surface area contributed by atoms with E-state index in [0.29, 0.717) is 5.41 Å². The zero-order valence-electron chi connectivity index (χ0n) is 13.6. The maximum absolute atomic E-state index is 4.48. The van der Waals surface area contributed by atoms with Crippen molar-refractivity contribution in [2.75, 3.05) is 31.1 Å². The molecule has 2 aliphatic rings. The SMILES string of the molecule is Cl.Cl.c1ccc(-c2ccc(N3CCC4(CCNCC4)C3)nn2)cc1. The molecular weight excluding hydrogens is 343 g/mol. The highest BCUT2D eigenvalue weighted by atomic mass is 35.5. The van der Waals surface area contributed by atoms with Crippen molar-refractivity contribution in [1.29, 1.82) is 0 Å². The molecule has 1 aromatic carbocycles. The van der Waals surface area contributed by atoms with Crippen molar-refractivity contribution in [3.8, 4) is 11.3 Å². The van der Waals surface area contributed by atoms with E-state index >= 15 is 0 Å². The molecule has 4 rings (SSSR count). The minimum absolute atomic E-state index is 0. The summed E-state index contributed by atoms with van der Waals surface area (Å²) in [6, 6.07) is 14.4. The largest absolute Gasteiger partial charge is 0.355 e. The summed E-state index contributed by atoms with van der Waals surface area (Å²) in [5.41, 5.74) is 2.57. The van der Waals surface area contributed by atoms with Gasteiger partial charge in [0.1, 0.15) is 0 Å². The quantitative estimate of drug-likeness (QED) is 0.881. The first-order chi connectivity index (χ1) is 10.8. The molecular formula is C18H24Cl2N4. The van der Waals surface area contributed by atoms with Gasteiger partial charge in [-0.1, -0.05) is 30.3 Å². The first-order valence-corrected chi connectivity index (χ1v) is 8.20. The lowest BCUT2D eigenvalue weighted by molar-refractivity contribution is 0.232. The molecule has 1 N–H and O–H groups in total. The predicted molar refractivity (Wildman–Crippen MR) is 103 cm³/mol. The van der Waals surface area contributed by atoms with E-state index in [2.05, 4.69) is 44.7 Å². The second kappa shape index (κ2) is 8.15. The monoisotopic (exact) mass is 366 g/mol. The van der Waals surface area contributed by atoms with Crippen molar-refractivity contribution in [1.82, 2.24) is 15.5 Å². The first kappa shape index (κ1) is 19.0. The Hall–Kier alpha value is -1.36. The molecule has 4 nitrogen and oxygen atoms in total. The van der Waals surface area contributed by atoms with Gasteiger partial charge in [-0.05, 0) is 49.9 Å². The van der Waals surface area contributed by atoms with Crippen LogP contribution < -0.4 is 10.2 Å². The Balaban J connectivity index is 0.00000104. The molecule has 6 heteroatoms. The van der Waals surface area contributed by atoms with Crippen LogP contribution in [0.1, 0.15) is 19.3 Å². The van der Waals surface area contributed by atoms with Crippen LogP contribution in [0, 0.1) is 5.41 Å². The zero-order valence-corrected chi connectivity index (χ0v) is 15.3. The maximum atomic E-state index is 4.48. The van der Waals surface area contributed by atoms with Gasteiger partial charge < -0.3 is 10.2 Å². The lowest BCUT2D eigenvalue weighted by Crippen LogP contribution is -2.38.